The van der Waals surface area contributed by atoms with Crippen LogP contribution in [0.4, 0.5) is 0 Å². The number of carbonyl (C=O) groups excluding carboxylic acids is 3. The summed E-state index contributed by atoms with van der Waals surface area (Å²) in [5.41, 5.74) is 8.32. The van der Waals surface area contributed by atoms with Gasteiger partial charge in [-0.05, 0) is 36.0 Å². The number of H-pyrrole nitrogens is 1. The number of benzene rings is 2. The minimum atomic E-state index is -1.21. The fourth-order valence-corrected chi connectivity index (χ4v) is 4.64. The molecule has 0 bridgehead atoms. The van der Waals surface area contributed by atoms with Gasteiger partial charge in [0, 0.05) is 24.7 Å². The van der Waals surface area contributed by atoms with E-state index in [1.165, 1.54) is 24.3 Å². The van der Waals surface area contributed by atoms with Crippen molar-refractivity contribution in [3.8, 4) is 0 Å². The minimum Gasteiger partial charge on any atom is -0.480 e. The van der Waals surface area contributed by atoms with Gasteiger partial charge in [-0.25, -0.2) is 9.78 Å². The number of carboxylic acid groups (broad SMARTS) is 1. The number of hydrogen-bond donors (Lipinski definition) is 6. The van der Waals surface area contributed by atoms with Gasteiger partial charge in [-0.2, -0.15) is 11.8 Å². The summed E-state index contributed by atoms with van der Waals surface area (Å²) in [5.74, 6) is -2.37. The zero-order chi connectivity index (χ0) is 29.6. The third-order valence-electron chi connectivity index (χ3n) is 6.39. The zero-order valence-corrected chi connectivity index (χ0v) is 23.6. The van der Waals surface area contributed by atoms with Crippen molar-refractivity contribution in [1.29, 1.82) is 0 Å². The number of nitrogens with zero attached hydrogens (tertiary/aromatic N) is 1. The summed E-state index contributed by atoms with van der Waals surface area (Å²) >= 11 is 1.51. The smallest absolute Gasteiger partial charge is 0.326 e. The summed E-state index contributed by atoms with van der Waals surface area (Å²) in [7, 11) is 0. The highest BCUT2D eigenvalue weighted by Gasteiger charge is 2.31. The number of aromatic nitrogens is 2. The molecule has 3 aromatic rings. The molecule has 4 atom stereocenters. The highest BCUT2D eigenvalue weighted by atomic mass is 32.2. The molecular weight excluding hydrogens is 544 g/mol. The van der Waals surface area contributed by atoms with E-state index >= 15 is 0 Å². The van der Waals surface area contributed by atoms with E-state index in [1.54, 1.807) is 24.3 Å². The van der Waals surface area contributed by atoms with Crippen molar-refractivity contribution in [2.75, 3.05) is 12.0 Å². The first kappa shape index (κ1) is 31.4. The second-order valence-electron chi connectivity index (χ2n) is 9.57. The average Bonchev–Trinajstić information content (AvgIpc) is 3.48. The number of nitrogens with two attached hydrogens (primary N) is 1. The summed E-state index contributed by atoms with van der Waals surface area (Å²) in [6.45, 7) is 0. The number of carboxylic acids is 1. The number of imidazole rings is 1. The average molecular weight is 581 g/mol. The van der Waals surface area contributed by atoms with Crippen LogP contribution in [0.2, 0.25) is 0 Å². The molecule has 2 aromatic carbocycles. The van der Waals surface area contributed by atoms with Crippen molar-refractivity contribution >= 4 is 35.5 Å². The Hall–Kier alpha value is -4.16. The number of nitrogens with one attached hydrogen (secondary N) is 4. The van der Waals surface area contributed by atoms with Crippen molar-refractivity contribution in [1.82, 2.24) is 25.9 Å². The van der Waals surface area contributed by atoms with Crippen LogP contribution in [0.1, 0.15) is 23.2 Å². The highest BCUT2D eigenvalue weighted by Crippen LogP contribution is 2.08. The molecule has 218 valence electrons. The first-order chi connectivity index (χ1) is 19.8. The third-order valence-corrected chi connectivity index (χ3v) is 7.03. The van der Waals surface area contributed by atoms with Gasteiger partial charge in [0.05, 0.1) is 12.4 Å². The fraction of sp³-hybridized carbons (Fsp3) is 0.345. The van der Waals surface area contributed by atoms with E-state index in [-0.39, 0.29) is 12.8 Å². The molecule has 7 N–H and O–H groups in total. The molecule has 0 aliphatic rings. The van der Waals surface area contributed by atoms with Crippen molar-refractivity contribution < 1.29 is 24.3 Å². The van der Waals surface area contributed by atoms with Crippen molar-refractivity contribution in [2.24, 2.45) is 5.73 Å². The van der Waals surface area contributed by atoms with Crippen LogP contribution in [-0.4, -0.2) is 74.9 Å². The van der Waals surface area contributed by atoms with Gasteiger partial charge in [-0.1, -0.05) is 60.7 Å². The van der Waals surface area contributed by atoms with Gasteiger partial charge < -0.3 is 31.8 Å². The molecule has 0 aliphatic heterocycles. The largest absolute Gasteiger partial charge is 0.480 e. The Bertz CT molecular complexity index is 1260. The van der Waals surface area contributed by atoms with Crippen LogP contribution < -0.4 is 21.7 Å². The zero-order valence-electron chi connectivity index (χ0n) is 22.8. The van der Waals surface area contributed by atoms with E-state index < -0.39 is 47.9 Å². The SMILES string of the molecule is CSCCC(NC(=O)C(N)Cc1ccccc1)C(=O)NC(Cc1cnc[nH]1)C(=O)NC(Cc1ccccc1)C(=O)O. The summed E-state index contributed by atoms with van der Waals surface area (Å²) in [4.78, 5) is 58.5. The minimum absolute atomic E-state index is 0.0337. The van der Waals surface area contributed by atoms with Crippen LogP contribution in [0.15, 0.2) is 73.2 Å². The lowest BCUT2D eigenvalue weighted by Crippen LogP contribution is -2.58. The van der Waals surface area contributed by atoms with E-state index in [9.17, 15) is 24.3 Å². The molecule has 0 aliphatic carbocycles. The molecule has 41 heavy (non-hydrogen) atoms. The maximum absolute atomic E-state index is 13.4. The molecular formula is C29H36N6O5S. The molecule has 3 amide bonds. The molecule has 0 fully saturated rings. The third kappa shape index (κ3) is 10.4. The van der Waals surface area contributed by atoms with Gasteiger partial charge in [0.15, 0.2) is 0 Å². The number of rotatable bonds is 16. The maximum atomic E-state index is 13.4. The number of hydrogen-bond acceptors (Lipinski definition) is 7. The molecule has 0 saturated heterocycles. The molecule has 0 saturated carbocycles. The van der Waals surface area contributed by atoms with E-state index in [0.29, 0.717) is 24.3 Å². The van der Waals surface area contributed by atoms with Crippen LogP contribution >= 0.6 is 11.8 Å². The highest BCUT2D eigenvalue weighted by molar-refractivity contribution is 7.98. The van der Waals surface area contributed by atoms with Gasteiger partial charge in [-0.15, -0.1) is 0 Å². The number of thioether (sulfide) groups is 1. The molecule has 12 heteroatoms. The fourth-order valence-electron chi connectivity index (χ4n) is 4.16. The molecule has 1 aromatic heterocycles. The molecule has 1 heterocycles. The van der Waals surface area contributed by atoms with Crippen molar-refractivity contribution in [2.45, 2.75) is 49.9 Å². The topological polar surface area (TPSA) is 179 Å². The van der Waals surface area contributed by atoms with Crippen molar-refractivity contribution in [3.63, 3.8) is 0 Å². The van der Waals surface area contributed by atoms with E-state index in [1.807, 2.05) is 42.7 Å². The molecule has 11 nitrogen and oxygen atoms in total. The second kappa shape index (κ2) is 16.2. The summed E-state index contributed by atoms with van der Waals surface area (Å²) in [5, 5.41) is 17.8. The van der Waals surface area contributed by atoms with Crippen LogP contribution in [-0.2, 0) is 38.4 Å². The number of aromatic amines is 1. The first-order valence-electron chi connectivity index (χ1n) is 13.2. The molecule has 0 spiro atoms. The lowest BCUT2D eigenvalue weighted by Gasteiger charge is -2.25. The van der Waals surface area contributed by atoms with Gasteiger partial charge in [0.2, 0.25) is 17.7 Å². The lowest BCUT2D eigenvalue weighted by atomic mass is 10.0. The van der Waals surface area contributed by atoms with Gasteiger partial charge in [0.1, 0.15) is 18.1 Å². The quantitative estimate of drug-likeness (QED) is 0.146. The van der Waals surface area contributed by atoms with Gasteiger partial charge >= 0.3 is 5.97 Å². The predicted octanol–water partition coefficient (Wildman–Crippen LogP) is 1.06. The Labute approximate surface area is 243 Å². The number of amides is 3. The summed E-state index contributed by atoms with van der Waals surface area (Å²) < 4.78 is 0. The number of carbonyl (C=O) groups is 4. The molecule has 4 unspecified atom stereocenters. The van der Waals surface area contributed by atoms with Crippen LogP contribution in [0.25, 0.3) is 0 Å². The second-order valence-corrected chi connectivity index (χ2v) is 10.6. The van der Waals surface area contributed by atoms with E-state index in [2.05, 4.69) is 25.9 Å². The van der Waals surface area contributed by atoms with Crippen LogP contribution in [0.5, 0.6) is 0 Å². The lowest BCUT2D eigenvalue weighted by molar-refractivity contribution is -0.142. The summed E-state index contributed by atoms with van der Waals surface area (Å²) in [6.07, 6.45) is 5.54. The molecule has 3 rings (SSSR count). The Kier molecular flexibility index (Phi) is 12.4. The first-order valence-corrected chi connectivity index (χ1v) is 14.6. The Morgan fingerprint density at radius 3 is 1.95 bits per heavy atom. The predicted molar refractivity (Wildman–Crippen MR) is 157 cm³/mol. The molecule has 0 radical (unpaired) electrons. The monoisotopic (exact) mass is 580 g/mol. The summed E-state index contributed by atoms with van der Waals surface area (Å²) in [6, 6.07) is 14.1. The van der Waals surface area contributed by atoms with Crippen LogP contribution in [0, 0.1) is 0 Å². The van der Waals surface area contributed by atoms with Crippen molar-refractivity contribution in [3.05, 3.63) is 90.0 Å². The standard InChI is InChI=1S/C29H36N6O5S/c1-41-13-12-23(33-26(36)22(30)14-19-8-4-2-5-9-19)27(37)34-24(16-21-17-31-18-32-21)28(38)35-25(29(39)40)15-20-10-6-3-7-11-20/h2-11,17-18,22-25H,12-16,30H2,1H3,(H,31,32)(H,33,36)(H,34,37)(H,35,38)(H,39,40). The van der Waals surface area contributed by atoms with Gasteiger partial charge in [-0.3, -0.25) is 14.4 Å². The Morgan fingerprint density at radius 1 is 0.829 bits per heavy atom. The maximum Gasteiger partial charge on any atom is 0.326 e. The normalized spacial score (nSPS) is 13.8. The van der Waals surface area contributed by atoms with E-state index in [4.69, 9.17) is 5.73 Å². The van der Waals surface area contributed by atoms with Crippen LogP contribution in [0.3, 0.4) is 0 Å². The Balaban J connectivity index is 1.72. The van der Waals surface area contributed by atoms with Gasteiger partial charge in [0.25, 0.3) is 0 Å². The van der Waals surface area contributed by atoms with E-state index in [0.717, 1.165) is 11.1 Å². The Morgan fingerprint density at radius 2 is 1.39 bits per heavy atom. The number of aliphatic carboxylic acids is 1.